The van der Waals surface area contributed by atoms with Gasteiger partial charge < -0.3 is 10.1 Å². The van der Waals surface area contributed by atoms with E-state index in [1.807, 2.05) is 24.3 Å². The summed E-state index contributed by atoms with van der Waals surface area (Å²) in [6.45, 7) is 3.79. The van der Waals surface area contributed by atoms with E-state index < -0.39 is 16.1 Å². The van der Waals surface area contributed by atoms with Crippen molar-refractivity contribution in [3.05, 3.63) is 58.6 Å². The summed E-state index contributed by atoms with van der Waals surface area (Å²) < 4.78 is 31.1. The van der Waals surface area contributed by atoms with Crippen molar-refractivity contribution < 1.29 is 17.9 Å². The minimum atomic E-state index is -3.68. The van der Waals surface area contributed by atoms with Crippen LogP contribution >= 0.6 is 11.6 Å². The van der Waals surface area contributed by atoms with Crippen LogP contribution in [0.4, 0.5) is 5.69 Å². The highest BCUT2D eigenvalue weighted by molar-refractivity contribution is 7.92. The molecule has 0 bridgehead atoms. The lowest BCUT2D eigenvalue weighted by Crippen LogP contribution is -2.48. The van der Waals surface area contributed by atoms with E-state index in [1.54, 1.807) is 39.2 Å². The number of aryl methyl sites for hydroxylation is 2. The molecule has 0 spiro atoms. The van der Waals surface area contributed by atoms with Crippen LogP contribution in [0.5, 0.6) is 5.75 Å². The van der Waals surface area contributed by atoms with Crippen LogP contribution < -0.4 is 14.4 Å². The van der Waals surface area contributed by atoms with E-state index in [0.29, 0.717) is 17.3 Å². The molecule has 0 saturated heterocycles. The molecule has 0 fully saturated rings. The number of nitrogens with zero attached hydrogens (tertiary/aromatic N) is 1. The highest BCUT2D eigenvalue weighted by Gasteiger charge is 2.30. The molecule has 1 amide bonds. The second-order valence-corrected chi connectivity index (χ2v) is 9.21. The average Bonchev–Trinajstić information content (AvgIpc) is 2.67. The lowest BCUT2D eigenvalue weighted by molar-refractivity contribution is -0.121. The van der Waals surface area contributed by atoms with Crippen molar-refractivity contribution in [3.63, 3.8) is 0 Å². The highest BCUT2D eigenvalue weighted by Crippen LogP contribution is 2.28. The maximum atomic E-state index is 12.6. The third-order valence-corrected chi connectivity index (χ3v) is 6.04. The average molecular weight is 439 g/mol. The fourth-order valence-corrected chi connectivity index (χ4v) is 4.47. The Balaban J connectivity index is 2.03. The second-order valence-electron chi connectivity index (χ2n) is 6.91. The largest absolute Gasteiger partial charge is 0.497 e. The zero-order valence-electron chi connectivity index (χ0n) is 17.1. The zero-order chi connectivity index (χ0) is 21.6. The lowest BCUT2D eigenvalue weighted by Gasteiger charge is -2.29. The van der Waals surface area contributed by atoms with E-state index in [-0.39, 0.29) is 5.91 Å². The van der Waals surface area contributed by atoms with Crippen LogP contribution in [0.3, 0.4) is 0 Å². The van der Waals surface area contributed by atoms with Crippen LogP contribution in [-0.2, 0) is 21.2 Å². The lowest BCUT2D eigenvalue weighted by atomic mass is 10.1. The summed E-state index contributed by atoms with van der Waals surface area (Å²) in [6.07, 6.45) is 2.58. The smallest absolute Gasteiger partial charge is 0.243 e. The predicted octanol–water partition coefficient (Wildman–Crippen LogP) is 3.56. The Bertz CT molecular complexity index is 963. The van der Waals surface area contributed by atoms with Crippen LogP contribution in [-0.4, -0.2) is 40.3 Å². The van der Waals surface area contributed by atoms with Crippen molar-refractivity contribution in [2.45, 2.75) is 32.7 Å². The summed E-state index contributed by atoms with van der Waals surface area (Å²) in [6, 6.07) is 11.8. The molecule has 158 valence electrons. The fourth-order valence-electron chi connectivity index (χ4n) is 3.08. The number of hydrogen-bond acceptors (Lipinski definition) is 4. The molecule has 2 aromatic rings. The van der Waals surface area contributed by atoms with E-state index in [1.165, 1.54) is 0 Å². The summed E-state index contributed by atoms with van der Waals surface area (Å²) >= 11 is 6.05. The molecule has 0 aliphatic carbocycles. The number of anilines is 1. The summed E-state index contributed by atoms with van der Waals surface area (Å²) in [4.78, 5) is 12.6. The maximum Gasteiger partial charge on any atom is 0.243 e. The number of benzene rings is 2. The molecular weight excluding hydrogens is 412 g/mol. The second kappa shape index (κ2) is 9.98. The number of halogens is 1. The number of sulfonamides is 1. The minimum absolute atomic E-state index is 0.361. The maximum absolute atomic E-state index is 12.6. The topological polar surface area (TPSA) is 75.7 Å². The summed E-state index contributed by atoms with van der Waals surface area (Å²) in [5.74, 6) is 0.432. The van der Waals surface area contributed by atoms with E-state index >= 15 is 0 Å². The highest BCUT2D eigenvalue weighted by atomic mass is 35.5. The Kier molecular flexibility index (Phi) is 7.93. The third kappa shape index (κ3) is 6.37. The fraction of sp³-hybridized carbons (Fsp3) is 0.381. The van der Waals surface area contributed by atoms with Gasteiger partial charge in [0.25, 0.3) is 0 Å². The van der Waals surface area contributed by atoms with Gasteiger partial charge in [-0.15, -0.1) is 0 Å². The first-order valence-corrected chi connectivity index (χ1v) is 11.5. The van der Waals surface area contributed by atoms with Crippen molar-refractivity contribution in [2.24, 2.45) is 0 Å². The van der Waals surface area contributed by atoms with Gasteiger partial charge in [-0.05, 0) is 62.1 Å². The summed E-state index contributed by atoms with van der Waals surface area (Å²) in [7, 11) is -2.06. The van der Waals surface area contributed by atoms with Gasteiger partial charge in [0.1, 0.15) is 11.8 Å². The first kappa shape index (κ1) is 23.0. The van der Waals surface area contributed by atoms with Gasteiger partial charge in [0, 0.05) is 11.6 Å². The van der Waals surface area contributed by atoms with Crippen molar-refractivity contribution in [1.82, 2.24) is 5.32 Å². The Hall–Kier alpha value is -2.25. The van der Waals surface area contributed by atoms with Crippen LogP contribution in [0.15, 0.2) is 42.5 Å². The van der Waals surface area contributed by atoms with Gasteiger partial charge in [-0.25, -0.2) is 8.42 Å². The summed E-state index contributed by atoms with van der Waals surface area (Å²) in [5, 5.41) is 3.24. The number of nitrogens with one attached hydrogen (secondary N) is 1. The monoisotopic (exact) mass is 438 g/mol. The summed E-state index contributed by atoms with van der Waals surface area (Å²) in [5.41, 5.74) is 2.23. The van der Waals surface area contributed by atoms with Gasteiger partial charge in [0.15, 0.2) is 0 Å². The van der Waals surface area contributed by atoms with Crippen LogP contribution in [0.1, 0.15) is 24.5 Å². The van der Waals surface area contributed by atoms with Gasteiger partial charge in [-0.1, -0.05) is 29.8 Å². The molecule has 1 N–H and O–H groups in total. The molecule has 29 heavy (non-hydrogen) atoms. The third-order valence-electron chi connectivity index (χ3n) is 4.57. The number of carbonyl (C=O) groups excluding carboxylic acids is 1. The van der Waals surface area contributed by atoms with E-state index in [9.17, 15) is 13.2 Å². The molecule has 2 rings (SSSR count). The standard InChI is InChI=1S/C21H27ClN2O4S/c1-15-10-11-18(22)14-20(15)24(29(4,26)27)16(2)21(25)23-12-6-8-17-7-5-9-19(13-17)28-3/h5,7,9-11,13-14,16H,6,8,12H2,1-4H3,(H,23,25)/t16-/m1/s1. The number of hydrogen-bond donors (Lipinski definition) is 1. The van der Waals surface area contributed by atoms with E-state index in [0.717, 1.165) is 40.3 Å². The minimum Gasteiger partial charge on any atom is -0.497 e. The van der Waals surface area contributed by atoms with Crippen LogP contribution in [0.25, 0.3) is 0 Å². The molecule has 8 heteroatoms. The number of amides is 1. The van der Waals surface area contributed by atoms with Crippen molar-refractivity contribution in [2.75, 3.05) is 24.2 Å². The molecule has 1 atom stereocenters. The quantitative estimate of drug-likeness (QED) is 0.607. The molecule has 0 aromatic heterocycles. The number of carbonyl (C=O) groups is 1. The molecule has 0 heterocycles. The first-order valence-electron chi connectivity index (χ1n) is 9.29. The van der Waals surface area contributed by atoms with E-state index in [4.69, 9.17) is 16.3 Å². The number of ether oxygens (including phenoxy) is 1. The first-order chi connectivity index (χ1) is 13.6. The van der Waals surface area contributed by atoms with E-state index in [2.05, 4.69) is 5.32 Å². The molecule has 0 saturated carbocycles. The Morgan fingerprint density at radius 2 is 1.97 bits per heavy atom. The van der Waals surface area contributed by atoms with Crippen LogP contribution in [0, 0.1) is 6.92 Å². The van der Waals surface area contributed by atoms with Gasteiger partial charge in [-0.2, -0.15) is 0 Å². The molecule has 2 aromatic carbocycles. The molecule has 0 radical (unpaired) electrons. The van der Waals surface area contributed by atoms with Crippen molar-refractivity contribution in [1.29, 1.82) is 0 Å². The van der Waals surface area contributed by atoms with Gasteiger partial charge in [0.2, 0.25) is 15.9 Å². The normalized spacial score (nSPS) is 12.3. The Morgan fingerprint density at radius 1 is 1.24 bits per heavy atom. The number of methoxy groups -OCH3 is 1. The number of rotatable bonds is 9. The van der Waals surface area contributed by atoms with Gasteiger partial charge in [0.05, 0.1) is 19.1 Å². The van der Waals surface area contributed by atoms with Crippen molar-refractivity contribution >= 4 is 33.2 Å². The van der Waals surface area contributed by atoms with Crippen molar-refractivity contribution in [3.8, 4) is 5.75 Å². The Labute approximate surface area is 177 Å². The molecule has 0 aliphatic rings. The molecular formula is C21H27ClN2O4S. The zero-order valence-corrected chi connectivity index (χ0v) is 18.7. The van der Waals surface area contributed by atoms with Gasteiger partial charge in [-0.3, -0.25) is 9.10 Å². The van der Waals surface area contributed by atoms with Gasteiger partial charge >= 0.3 is 0 Å². The SMILES string of the molecule is COc1cccc(CCCNC(=O)[C@@H](C)N(c2cc(Cl)ccc2C)S(C)(=O)=O)c1. The molecule has 6 nitrogen and oxygen atoms in total. The predicted molar refractivity (Wildman–Crippen MR) is 117 cm³/mol. The molecule has 0 aliphatic heterocycles. The molecule has 0 unspecified atom stereocenters. The Morgan fingerprint density at radius 3 is 2.62 bits per heavy atom. The van der Waals surface area contributed by atoms with Crippen LogP contribution in [0.2, 0.25) is 5.02 Å².